The van der Waals surface area contributed by atoms with Crippen LogP contribution in [0.1, 0.15) is 24.1 Å². The smallest absolute Gasteiger partial charge is 0.233 e. The Morgan fingerprint density at radius 1 is 1.19 bits per heavy atom. The minimum Gasteiger partial charge on any atom is -0.467 e. The van der Waals surface area contributed by atoms with Gasteiger partial charge in [-0.2, -0.15) is 0 Å². The van der Waals surface area contributed by atoms with E-state index in [9.17, 15) is 4.79 Å². The molecule has 4 rings (SSSR count). The number of nitrogens with zero attached hydrogens (tertiary/aromatic N) is 2. The molecule has 140 valence electrons. The molecule has 0 radical (unpaired) electrons. The zero-order valence-electron chi connectivity index (χ0n) is 15.9. The summed E-state index contributed by atoms with van der Waals surface area (Å²) in [7, 11) is 3.55. The number of hydrogen-bond acceptors (Lipinski definition) is 3. The van der Waals surface area contributed by atoms with Crippen LogP contribution in [0.3, 0.4) is 0 Å². The summed E-state index contributed by atoms with van der Waals surface area (Å²) < 4.78 is 6.49. The lowest BCUT2D eigenvalue weighted by Crippen LogP contribution is -2.72. The van der Waals surface area contributed by atoms with Crippen LogP contribution in [-0.4, -0.2) is 35.7 Å². The fourth-order valence-electron chi connectivity index (χ4n) is 4.07. The second-order valence-electron chi connectivity index (χ2n) is 7.50. The number of para-hydroxylation sites is 1. The number of carbonyl (C=O) groups excluding carboxylic acids is 1. The lowest BCUT2D eigenvalue weighted by atomic mass is 9.78. The van der Waals surface area contributed by atoms with Crippen LogP contribution in [0.25, 0.3) is 0 Å². The van der Waals surface area contributed by atoms with E-state index < -0.39 is 11.6 Å². The highest BCUT2D eigenvalue weighted by atomic mass is 32.1. The fourth-order valence-corrected chi connectivity index (χ4v) is 4.48. The van der Waals surface area contributed by atoms with Crippen LogP contribution in [0.4, 0.5) is 5.69 Å². The van der Waals surface area contributed by atoms with Gasteiger partial charge in [-0.15, -0.1) is 0 Å². The molecule has 2 aromatic carbocycles. The molecule has 1 N–H and O–H groups in total. The zero-order chi connectivity index (χ0) is 19.3. The van der Waals surface area contributed by atoms with Crippen molar-refractivity contribution in [2.45, 2.75) is 25.6 Å². The number of fused-ring (bicyclic) bond motifs is 4. The highest BCUT2D eigenvalue weighted by Crippen LogP contribution is 2.49. The third kappa shape index (κ3) is 2.67. The molecule has 2 aliphatic rings. The Hall–Kier alpha value is -2.60. The number of anilines is 1. The second-order valence-corrected chi connectivity index (χ2v) is 7.89. The van der Waals surface area contributed by atoms with Crippen molar-refractivity contribution in [3.8, 4) is 5.75 Å². The monoisotopic (exact) mass is 381 g/mol. The first-order valence-corrected chi connectivity index (χ1v) is 9.40. The van der Waals surface area contributed by atoms with Crippen molar-refractivity contribution in [1.82, 2.24) is 10.2 Å². The van der Waals surface area contributed by atoms with Crippen LogP contribution in [0.2, 0.25) is 0 Å². The minimum atomic E-state index is -0.933. The number of amides is 1. The van der Waals surface area contributed by atoms with Gasteiger partial charge < -0.3 is 15.0 Å². The van der Waals surface area contributed by atoms with Crippen LogP contribution in [0, 0.1) is 12.8 Å². The summed E-state index contributed by atoms with van der Waals surface area (Å²) in [6.07, 6.45) is 0. The van der Waals surface area contributed by atoms with Crippen LogP contribution in [-0.2, 0) is 4.79 Å². The summed E-state index contributed by atoms with van der Waals surface area (Å²) in [4.78, 5) is 16.8. The van der Waals surface area contributed by atoms with E-state index >= 15 is 0 Å². The minimum absolute atomic E-state index is 0.00381. The molecule has 6 heteroatoms. The van der Waals surface area contributed by atoms with E-state index in [1.54, 1.807) is 19.0 Å². The molecule has 0 spiro atoms. The van der Waals surface area contributed by atoms with Crippen molar-refractivity contribution >= 4 is 28.9 Å². The largest absolute Gasteiger partial charge is 0.467 e. The van der Waals surface area contributed by atoms with Crippen molar-refractivity contribution in [2.75, 3.05) is 19.0 Å². The Morgan fingerprint density at radius 2 is 1.85 bits per heavy atom. The summed E-state index contributed by atoms with van der Waals surface area (Å²) in [5.41, 5.74) is 2.09. The van der Waals surface area contributed by atoms with Gasteiger partial charge in [0.2, 0.25) is 5.91 Å². The maximum absolute atomic E-state index is 13.2. The van der Waals surface area contributed by atoms with Gasteiger partial charge in [-0.1, -0.05) is 35.9 Å². The van der Waals surface area contributed by atoms with E-state index in [-0.39, 0.29) is 11.9 Å². The number of thiocarbonyl (C=S) groups is 1. The first-order chi connectivity index (χ1) is 12.8. The number of carbonyl (C=O) groups is 1. The molecule has 2 heterocycles. The van der Waals surface area contributed by atoms with Gasteiger partial charge >= 0.3 is 0 Å². The lowest BCUT2D eigenvalue weighted by Gasteiger charge is -2.56. The Labute approximate surface area is 164 Å². The highest BCUT2D eigenvalue weighted by molar-refractivity contribution is 7.80. The summed E-state index contributed by atoms with van der Waals surface area (Å²) in [6, 6.07) is 15.7. The molecular weight excluding hydrogens is 358 g/mol. The van der Waals surface area contributed by atoms with E-state index in [1.165, 1.54) is 0 Å². The van der Waals surface area contributed by atoms with Gasteiger partial charge in [0.1, 0.15) is 11.7 Å². The number of ether oxygens (including phenoxy) is 1. The molecule has 2 bridgehead atoms. The summed E-state index contributed by atoms with van der Waals surface area (Å²) >= 11 is 5.71. The molecule has 1 saturated heterocycles. The molecule has 0 saturated carbocycles. The SMILES string of the molecule is Cc1ccc(N2C(=S)N[C@H]3c4ccccc4O[C@@]2(C)[C@H]3C(=O)N(C)C)cc1. The summed E-state index contributed by atoms with van der Waals surface area (Å²) in [5, 5.41) is 3.97. The molecule has 1 amide bonds. The average Bonchev–Trinajstić information content (AvgIpc) is 2.62. The van der Waals surface area contributed by atoms with Gasteiger partial charge in [0.25, 0.3) is 0 Å². The van der Waals surface area contributed by atoms with Crippen molar-refractivity contribution < 1.29 is 9.53 Å². The Kier molecular flexibility index (Phi) is 4.11. The molecule has 2 aliphatic heterocycles. The number of benzene rings is 2. The molecule has 0 unspecified atom stereocenters. The number of rotatable bonds is 2. The van der Waals surface area contributed by atoms with Crippen molar-refractivity contribution in [2.24, 2.45) is 5.92 Å². The molecule has 2 aromatic rings. The molecule has 0 aliphatic carbocycles. The maximum Gasteiger partial charge on any atom is 0.233 e. The van der Waals surface area contributed by atoms with Gasteiger partial charge in [0.05, 0.1) is 6.04 Å². The number of aryl methyl sites for hydroxylation is 1. The first kappa shape index (κ1) is 17.8. The quantitative estimate of drug-likeness (QED) is 0.809. The van der Waals surface area contributed by atoms with Gasteiger partial charge in [0, 0.05) is 25.3 Å². The van der Waals surface area contributed by atoms with Crippen LogP contribution < -0.4 is 15.0 Å². The van der Waals surface area contributed by atoms with E-state index in [4.69, 9.17) is 17.0 Å². The van der Waals surface area contributed by atoms with Gasteiger partial charge in [-0.3, -0.25) is 9.69 Å². The lowest BCUT2D eigenvalue weighted by molar-refractivity contribution is -0.144. The molecule has 1 fully saturated rings. The summed E-state index contributed by atoms with van der Waals surface area (Å²) in [6.45, 7) is 4.00. The fraction of sp³-hybridized carbons (Fsp3) is 0.333. The standard InChI is InChI=1S/C21H23N3O2S/c1-13-9-11-14(12-10-13)24-20(27)22-18-15-7-5-6-8-16(15)26-21(24,2)17(18)19(25)23(3)4/h5-12,17-18H,1-4H3,(H,22,27)/t17-,18+,21+/m1/s1. The van der Waals surface area contributed by atoms with E-state index in [0.29, 0.717) is 5.11 Å². The van der Waals surface area contributed by atoms with Crippen molar-refractivity contribution in [3.05, 3.63) is 59.7 Å². The number of nitrogens with one attached hydrogen (secondary N) is 1. The van der Waals surface area contributed by atoms with Crippen molar-refractivity contribution in [3.63, 3.8) is 0 Å². The normalized spacial score (nSPS) is 25.9. The van der Waals surface area contributed by atoms with Crippen LogP contribution in [0.15, 0.2) is 48.5 Å². The molecule has 5 nitrogen and oxygen atoms in total. The first-order valence-electron chi connectivity index (χ1n) is 8.99. The Bertz CT molecular complexity index is 912. The molecule has 3 atom stereocenters. The second kappa shape index (κ2) is 6.23. The Morgan fingerprint density at radius 3 is 2.52 bits per heavy atom. The average molecular weight is 382 g/mol. The number of hydrogen-bond donors (Lipinski definition) is 1. The predicted octanol–water partition coefficient (Wildman–Crippen LogP) is 3.24. The van der Waals surface area contributed by atoms with E-state index in [0.717, 1.165) is 22.6 Å². The van der Waals surface area contributed by atoms with Crippen LogP contribution in [0.5, 0.6) is 5.75 Å². The van der Waals surface area contributed by atoms with Gasteiger partial charge in [-0.05, 0) is 44.3 Å². The third-order valence-electron chi connectivity index (χ3n) is 5.41. The van der Waals surface area contributed by atoms with Crippen molar-refractivity contribution in [1.29, 1.82) is 0 Å². The predicted molar refractivity (Wildman–Crippen MR) is 110 cm³/mol. The van der Waals surface area contributed by atoms with E-state index in [1.807, 2.05) is 67.3 Å². The maximum atomic E-state index is 13.2. The van der Waals surface area contributed by atoms with Crippen LogP contribution >= 0.6 is 12.2 Å². The molecule has 27 heavy (non-hydrogen) atoms. The molecular formula is C21H23N3O2S. The Balaban J connectivity index is 1.90. The summed E-state index contributed by atoms with van der Waals surface area (Å²) in [5.74, 6) is 0.333. The van der Waals surface area contributed by atoms with E-state index in [2.05, 4.69) is 5.32 Å². The molecule has 0 aromatic heterocycles. The topological polar surface area (TPSA) is 44.8 Å². The third-order valence-corrected chi connectivity index (χ3v) is 5.71. The van der Waals surface area contributed by atoms with Gasteiger partial charge in [0.15, 0.2) is 10.8 Å². The zero-order valence-corrected chi connectivity index (χ0v) is 16.7. The van der Waals surface area contributed by atoms with Gasteiger partial charge in [-0.25, -0.2) is 0 Å². The highest BCUT2D eigenvalue weighted by Gasteiger charge is 2.59.